The molecule has 0 unspecified atom stereocenters. The monoisotopic (exact) mass is 231 g/mol. The van der Waals surface area contributed by atoms with E-state index in [1.165, 1.54) is 25.3 Å². The third-order valence-electron chi connectivity index (χ3n) is 1.69. The predicted molar refractivity (Wildman–Crippen MR) is 55.9 cm³/mol. The first-order chi connectivity index (χ1) is 7.19. The second kappa shape index (κ2) is 5.41. The minimum Gasteiger partial charge on any atom is -0.493 e. The van der Waals surface area contributed by atoms with E-state index < -0.39 is 4.92 Å². The average molecular weight is 232 g/mol. The Balaban J connectivity index is 2.93. The number of alkyl halides is 1. The van der Waals surface area contributed by atoms with Crippen LogP contribution in [0.15, 0.2) is 18.2 Å². The Morgan fingerprint density at radius 2 is 2.20 bits per heavy atom. The molecule has 0 fully saturated rings. The third kappa shape index (κ3) is 2.99. The first kappa shape index (κ1) is 11.6. The second-order valence-corrected chi connectivity index (χ2v) is 3.01. The van der Waals surface area contributed by atoms with Crippen molar-refractivity contribution in [3.63, 3.8) is 0 Å². The molecule has 1 rings (SSSR count). The normalized spacial score (nSPS) is 9.73. The maximum Gasteiger partial charge on any atom is 0.273 e. The molecule has 6 heteroatoms. The van der Waals surface area contributed by atoms with Gasteiger partial charge in [0.15, 0.2) is 11.5 Å². The number of hydrogen-bond donors (Lipinski definition) is 0. The smallest absolute Gasteiger partial charge is 0.273 e. The standard InChI is InChI=1S/C9H10ClNO4/c1-14-9-6-7(11(12)13)2-3-8(9)15-5-4-10/h2-3,6H,4-5H2,1H3. The van der Waals surface area contributed by atoms with Crippen molar-refractivity contribution in [2.75, 3.05) is 19.6 Å². The van der Waals surface area contributed by atoms with Crippen LogP contribution in [-0.2, 0) is 0 Å². The van der Waals surface area contributed by atoms with Crippen molar-refractivity contribution in [3.8, 4) is 11.5 Å². The summed E-state index contributed by atoms with van der Waals surface area (Å²) in [6.07, 6.45) is 0. The van der Waals surface area contributed by atoms with Gasteiger partial charge >= 0.3 is 0 Å². The topological polar surface area (TPSA) is 61.6 Å². The summed E-state index contributed by atoms with van der Waals surface area (Å²) in [4.78, 5) is 9.99. The quantitative estimate of drug-likeness (QED) is 0.443. The number of rotatable bonds is 5. The molecule has 0 atom stereocenters. The fourth-order valence-electron chi connectivity index (χ4n) is 1.04. The number of halogens is 1. The maximum absolute atomic E-state index is 10.5. The minimum atomic E-state index is -0.492. The zero-order chi connectivity index (χ0) is 11.3. The second-order valence-electron chi connectivity index (χ2n) is 2.63. The van der Waals surface area contributed by atoms with Gasteiger partial charge in [-0.15, -0.1) is 11.6 Å². The zero-order valence-corrected chi connectivity index (χ0v) is 8.86. The summed E-state index contributed by atoms with van der Waals surface area (Å²) in [7, 11) is 1.42. The Hall–Kier alpha value is -1.49. The van der Waals surface area contributed by atoms with Crippen LogP contribution in [-0.4, -0.2) is 24.5 Å². The number of nitrogens with zero attached hydrogens (tertiary/aromatic N) is 1. The predicted octanol–water partition coefficient (Wildman–Crippen LogP) is 2.22. The molecule has 1 aromatic carbocycles. The highest BCUT2D eigenvalue weighted by Crippen LogP contribution is 2.30. The van der Waals surface area contributed by atoms with Crippen LogP contribution in [0.5, 0.6) is 11.5 Å². The molecule has 0 aliphatic carbocycles. The van der Waals surface area contributed by atoms with Crippen molar-refractivity contribution < 1.29 is 14.4 Å². The molecule has 0 N–H and O–H groups in total. The van der Waals surface area contributed by atoms with E-state index >= 15 is 0 Å². The van der Waals surface area contributed by atoms with Crippen molar-refractivity contribution in [1.29, 1.82) is 0 Å². The van der Waals surface area contributed by atoms with E-state index in [-0.39, 0.29) is 5.69 Å². The largest absolute Gasteiger partial charge is 0.493 e. The van der Waals surface area contributed by atoms with Crippen molar-refractivity contribution in [3.05, 3.63) is 28.3 Å². The van der Waals surface area contributed by atoms with Gasteiger partial charge in [-0.05, 0) is 6.07 Å². The SMILES string of the molecule is COc1cc([N+](=O)[O-])ccc1OCCCl. The number of non-ortho nitro benzene ring substituents is 1. The molecule has 0 saturated carbocycles. The van der Waals surface area contributed by atoms with Crippen molar-refractivity contribution in [1.82, 2.24) is 0 Å². The number of benzene rings is 1. The Morgan fingerprint density at radius 3 is 2.73 bits per heavy atom. The van der Waals surface area contributed by atoms with Gasteiger partial charge in [0.2, 0.25) is 0 Å². The van der Waals surface area contributed by atoms with E-state index in [9.17, 15) is 10.1 Å². The van der Waals surface area contributed by atoms with Crippen LogP contribution >= 0.6 is 11.6 Å². The molecule has 82 valence electrons. The zero-order valence-electron chi connectivity index (χ0n) is 8.10. The van der Waals surface area contributed by atoms with Gasteiger partial charge in [-0.3, -0.25) is 10.1 Å². The van der Waals surface area contributed by atoms with Gasteiger partial charge in [0.25, 0.3) is 5.69 Å². The van der Waals surface area contributed by atoms with Gasteiger partial charge in [-0.25, -0.2) is 0 Å². The van der Waals surface area contributed by atoms with Gasteiger partial charge in [0, 0.05) is 6.07 Å². The molecule has 0 amide bonds. The van der Waals surface area contributed by atoms with Crippen molar-refractivity contribution in [2.24, 2.45) is 0 Å². The highest BCUT2D eigenvalue weighted by molar-refractivity contribution is 6.18. The lowest BCUT2D eigenvalue weighted by Crippen LogP contribution is -2.00. The van der Waals surface area contributed by atoms with Gasteiger partial charge < -0.3 is 9.47 Å². The maximum atomic E-state index is 10.5. The van der Waals surface area contributed by atoms with Crippen LogP contribution in [0.2, 0.25) is 0 Å². The van der Waals surface area contributed by atoms with Crippen LogP contribution in [0.1, 0.15) is 0 Å². The summed E-state index contributed by atoms with van der Waals surface area (Å²) in [6.45, 7) is 0.329. The Kier molecular flexibility index (Phi) is 4.17. The van der Waals surface area contributed by atoms with Crippen LogP contribution < -0.4 is 9.47 Å². The lowest BCUT2D eigenvalue weighted by Gasteiger charge is -2.08. The van der Waals surface area contributed by atoms with Crippen LogP contribution in [0.25, 0.3) is 0 Å². The van der Waals surface area contributed by atoms with Gasteiger partial charge in [-0.1, -0.05) is 0 Å². The number of methoxy groups -OCH3 is 1. The van der Waals surface area contributed by atoms with Crippen molar-refractivity contribution >= 4 is 17.3 Å². The van der Waals surface area contributed by atoms with E-state index in [0.29, 0.717) is 24.0 Å². The molecule has 0 spiro atoms. The fraction of sp³-hybridized carbons (Fsp3) is 0.333. The fourth-order valence-corrected chi connectivity index (χ4v) is 1.11. The summed E-state index contributed by atoms with van der Waals surface area (Å²) >= 11 is 5.45. The molecule has 0 heterocycles. The van der Waals surface area contributed by atoms with Crippen molar-refractivity contribution in [2.45, 2.75) is 0 Å². The van der Waals surface area contributed by atoms with Crippen LogP contribution in [0, 0.1) is 10.1 Å². The first-order valence-electron chi connectivity index (χ1n) is 4.20. The molecule has 0 aliphatic heterocycles. The highest BCUT2D eigenvalue weighted by atomic mass is 35.5. The molecule has 0 aromatic heterocycles. The number of nitro benzene ring substituents is 1. The molecule has 5 nitrogen and oxygen atoms in total. The molecule has 0 saturated heterocycles. The van der Waals surface area contributed by atoms with Gasteiger partial charge in [0.05, 0.1) is 24.0 Å². The lowest BCUT2D eigenvalue weighted by atomic mass is 10.3. The summed E-state index contributed by atoms with van der Waals surface area (Å²) in [5.41, 5.74) is -0.0370. The van der Waals surface area contributed by atoms with Crippen LogP contribution in [0.4, 0.5) is 5.69 Å². The van der Waals surface area contributed by atoms with E-state index in [0.717, 1.165) is 0 Å². The van der Waals surface area contributed by atoms with E-state index in [4.69, 9.17) is 21.1 Å². The van der Waals surface area contributed by atoms with Gasteiger partial charge in [0.1, 0.15) is 6.61 Å². The molecular formula is C9H10ClNO4. The van der Waals surface area contributed by atoms with E-state index in [1.54, 1.807) is 0 Å². The van der Waals surface area contributed by atoms with E-state index in [2.05, 4.69) is 0 Å². The first-order valence-corrected chi connectivity index (χ1v) is 4.73. The Morgan fingerprint density at radius 1 is 1.47 bits per heavy atom. The molecule has 0 aliphatic rings. The van der Waals surface area contributed by atoms with Gasteiger partial charge in [-0.2, -0.15) is 0 Å². The summed E-state index contributed by atoms with van der Waals surface area (Å²) in [5.74, 6) is 1.12. The summed E-state index contributed by atoms with van der Waals surface area (Å²) in [5, 5.41) is 10.5. The highest BCUT2D eigenvalue weighted by Gasteiger charge is 2.11. The number of hydrogen-bond acceptors (Lipinski definition) is 4. The summed E-state index contributed by atoms with van der Waals surface area (Å²) < 4.78 is 10.2. The molecule has 0 bridgehead atoms. The number of nitro groups is 1. The average Bonchev–Trinajstić information content (AvgIpc) is 2.25. The minimum absolute atomic E-state index is 0.0370. The summed E-state index contributed by atoms with van der Waals surface area (Å²) in [6, 6.07) is 4.15. The third-order valence-corrected chi connectivity index (χ3v) is 1.85. The Labute approximate surface area is 91.7 Å². The van der Waals surface area contributed by atoms with Crippen LogP contribution in [0.3, 0.4) is 0 Å². The molecular weight excluding hydrogens is 222 g/mol. The molecule has 0 radical (unpaired) electrons. The number of ether oxygens (including phenoxy) is 2. The van der Waals surface area contributed by atoms with E-state index in [1.807, 2.05) is 0 Å². The lowest BCUT2D eigenvalue weighted by molar-refractivity contribution is -0.384. The molecule has 15 heavy (non-hydrogen) atoms. The molecule has 1 aromatic rings. The Bertz CT molecular complexity index is 356.